The monoisotopic (exact) mass is 190 g/mol. The maximum atomic E-state index is 11.0. The van der Waals surface area contributed by atoms with E-state index >= 15 is 0 Å². The number of nitrogens with zero attached hydrogens (tertiary/aromatic N) is 2. The van der Waals surface area contributed by atoms with Gasteiger partial charge < -0.3 is 4.90 Å². The van der Waals surface area contributed by atoms with Gasteiger partial charge in [-0.05, 0) is 24.6 Å². The van der Waals surface area contributed by atoms with Crippen LogP contribution in [0.15, 0.2) is 24.4 Å². The first-order chi connectivity index (χ1) is 6.65. The minimum absolute atomic E-state index is 0.0173. The zero-order valence-electron chi connectivity index (χ0n) is 8.69. The summed E-state index contributed by atoms with van der Waals surface area (Å²) in [6.45, 7) is 3.47. The summed E-state index contributed by atoms with van der Waals surface area (Å²) in [5.74, 6) is 0.655. The fraction of sp³-hybridized carbons (Fsp3) is 0.273. The van der Waals surface area contributed by atoms with Crippen molar-refractivity contribution in [3.8, 4) is 0 Å². The number of carbonyl (C=O) groups excluding carboxylic acids is 1. The van der Waals surface area contributed by atoms with E-state index in [1.54, 1.807) is 13.2 Å². The lowest BCUT2D eigenvalue weighted by Gasteiger charge is -2.13. The molecule has 0 bridgehead atoms. The maximum absolute atomic E-state index is 11.0. The van der Waals surface area contributed by atoms with Crippen LogP contribution in [0, 0.1) is 0 Å². The molecule has 0 aromatic carbocycles. The van der Waals surface area contributed by atoms with Crippen molar-refractivity contribution < 1.29 is 4.79 Å². The third kappa shape index (κ3) is 2.42. The summed E-state index contributed by atoms with van der Waals surface area (Å²) in [6, 6.07) is 3.76. The number of carbonyl (C=O) groups is 1. The molecule has 3 nitrogen and oxygen atoms in total. The minimum Gasteiger partial charge on any atom is -0.300 e. The van der Waals surface area contributed by atoms with Gasteiger partial charge in [0.1, 0.15) is 5.82 Å². The second-order valence-corrected chi connectivity index (χ2v) is 3.03. The number of allylic oxidation sites excluding steroid dienone is 1. The molecule has 1 aromatic heterocycles. The molecule has 1 amide bonds. The first-order valence-electron chi connectivity index (χ1n) is 4.48. The van der Waals surface area contributed by atoms with Crippen LogP contribution in [-0.2, 0) is 4.79 Å². The summed E-state index contributed by atoms with van der Waals surface area (Å²) < 4.78 is 0. The fourth-order valence-corrected chi connectivity index (χ4v) is 1.05. The van der Waals surface area contributed by atoms with E-state index in [4.69, 9.17) is 0 Å². The average molecular weight is 190 g/mol. The topological polar surface area (TPSA) is 33.2 Å². The van der Waals surface area contributed by atoms with Crippen molar-refractivity contribution >= 4 is 17.8 Å². The van der Waals surface area contributed by atoms with Crippen molar-refractivity contribution in [3.63, 3.8) is 0 Å². The third-order valence-electron chi connectivity index (χ3n) is 1.95. The van der Waals surface area contributed by atoms with Gasteiger partial charge in [-0.1, -0.05) is 12.2 Å². The molecule has 14 heavy (non-hydrogen) atoms. The Balaban J connectivity index is 2.88. The second-order valence-electron chi connectivity index (χ2n) is 3.03. The summed E-state index contributed by atoms with van der Waals surface area (Å²) >= 11 is 0. The van der Waals surface area contributed by atoms with Crippen LogP contribution >= 0.6 is 0 Å². The smallest absolute Gasteiger partial charge is 0.224 e. The quantitative estimate of drug-likeness (QED) is 0.715. The van der Waals surface area contributed by atoms with Crippen LogP contribution in [0.1, 0.15) is 19.4 Å². The molecule has 74 valence electrons. The first-order valence-corrected chi connectivity index (χ1v) is 4.48. The Hall–Kier alpha value is -1.64. The van der Waals surface area contributed by atoms with E-state index < -0.39 is 0 Å². The van der Waals surface area contributed by atoms with Gasteiger partial charge in [0, 0.05) is 20.2 Å². The van der Waals surface area contributed by atoms with Crippen molar-refractivity contribution in [2.24, 2.45) is 0 Å². The van der Waals surface area contributed by atoms with Crippen LogP contribution in [0.2, 0.25) is 0 Å². The van der Waals surface area contributed by atoms with Crippen LogP contribution in [0.5, 0.6) is 0 Å². The van der Waals surface area contributed by atoms with Gasteiger partial charge in [0.2, 0.25) is 5.91 Å². The minimum atomic E-state index is -0.0173. The summed E-state index contributed by atoms with van der Waals surface area (Å²) in [5.41, 5.74) is 1.04. The highest BCUT2D eigenvalue weighted by Gasteiger charge is 2.05. The lowest BCUT2D eigenvalue weighted by atomic mass is 10.2. The van der Waals surface area contributed by atoms with Crippen LogP contribution in [-0.4, -0.2) is 17.9 Å². The lowest BCUT2D eigenvalue weighted by Crippen LogP contribution is -2.23. The van der Waals surface area contributed by atoms with E-state index in [-0.39, 0.29) is 5.91 Å². The molecular weight excluding hydrogens is 176 g/mol. The van der Waals surface area contributed by atoms with Gasteiger partial charge >= 0.3 is 0 Å². The molecule has 1 heterocycles. The zero-order valence-corrected chi connectivity index (χ0v) is 8.69. The fourth-order valence-electron chi connectivity index (χ4n) is 1.05. The van der Waals surface area contributed by atoms with E-state index in [9.17, 15) is 4.79 Å². The van der Waals surface area contributed by atoms with E-state index in [0.717, 1.165) is 5.56 Å². The van der Waals surface area contributed by atoms with Crippen molar-refractivity contribution in [1.29, 1.82) is 0 Å². The molecule has 1 rings (SSSR count). The summed E-state index contributed by atoms with van der Waals surface area (Å²) in [4.78, 5) is 16.7. The molecule has 0 aliphatic heterocycles. The summed E-state index contributed by atoms with van der Waals surface area (Å²) in [6.07, 6.45) is 5.66. The molecule has 0 unspecified atom stereocenters. The molecule has 0 fully saturated rings. The summed E-state index contributed by atoms with van der Waals surface area (Å²) in [7, 11) is 1.71. The molecular formula is C11H14N2O. The highest BCUT2D eigenvalue weighted by molar-refractivity contribution is 5.89. The predicted octanol–water partition coefficient (Wildman–Crippen LogP) is 2.10. The van der Waals surface area contributed by atoms with Crippen LogP contribution in [0.4, 0.5) is 5.82 Å². The Morgan fingerprint density at radius 2 is 2.21 bits per heavy atom. The van der Waals surface area contributed by atoms with Crippen molar-refractivity contribution in [2.45, 2.75) is 13.8 Å². The third-order valence-corrected chi connectivity index (χ3v) is 1.95. The SMILES string of the molecule is C/C=C/c1ccc(N(C)C(C)=O)nc1. The van der Waals surface area contributed by atoms with Crippen molar-refractivity contribution in [1.82, 2.24) is 4.98 Å². The Morgan fingerprint density at radius 3 is 2.64 bits per heavy atom. The molecule has 0 saturated carbocycles. The van der Waals surface area contributed by atoms with Crippen molar-refractivity contribution in [3.05, 3.63) is 30.0 Å². The zero-order chi connectivity index (χ0) is 10.6. The average Bonchev–Trinajstić information content (AvgIpc) is 2.18. The normalized spacial score (nSPS) is 10.5. The molecule has 0 N–H and O–H groups in total. The van der Waals surface area contributed by atoms with Gasteiger partial charge in [-0.2, -0.15) is 0 Å². The Morgan fingerprint density at radius 1 is 1.50 bits per heavy atom. The number of hydrogen-bond donors (Lipinski definition) is 0. The van der Waals surface area contributed by atoms with Gasteiger partial charge in [-0.15, -0.1) is 0 Å². The molecule has 0 radical (unpaired) electrons. The number of aromatic nitrogens is 1. The largest absolute Gasteiger partial charge is 0.300 e. The number of rotatable bonds is 2. The Bertz CT molecular complexity index is 341. The van der Waals surface area contributed by atoms with E-state index in [1.165, 1.54) is 11.8 Å². The van der Waals surface area contributed by atoms with Gasteiger partial charge in [0.15, 0.2) is 0 Å². The van der Waals surface area contributed by atoms with E-state index in [1.807, 2.05) is 31.2 Å². The maximum Gasteiger partial charge on any atom is 0.224 e. The molecule has 1 aromatic rings. The Labute approximate surface area is 84.1 Å². The predicted molar refractivity (Wildman–Crippen MR) is 58.0 cm³/mol. The van der Waals surface area contributed by atoms with Gasteiger partial charge in [0.05, 0.1) is 0 Å². The summed E-state index contributed by atoms with van der Waals surface area (Å²) in [5, 5.41) is 0. The molecule has 0 saturated heterocycles. The highest BCUT2D eigenvalue weighted by atomic mass is 16.2. The molecule has 0 spiro atoms. The number of pyridine rings is 1. The number of amides is 1. The lowest BCUT2D eigenvalue weighted by molar-refractivity contribution is -0.116. The van der Waals surface area contributed by atoms with E-state index in [0.29, 0.717) is 5.82 Å². The number of hydrogen-bond acceptors (Lipinski definition) is 2. The van der Waals surface area contributed by atoms with Gasteiger partial charge in [0.25, 0.3) is 0 Å². The first kappa shape index (κ1) is 10.4. The van der Waals surface area contributed by atoms with E-state index in [2.05, 4.69) is 4.98 Å². The van der Waals surface area contributed by atoms with Crippen molar-refractivity contribution in [2.75, 3.05) is 11.9 Å². The molecule has 3 heteroatoms. The van der Waals surface area contributed by atoms with Crippen LogP contribution in [0.3, 0.4) is 0 Å². The van der Waals surface area contributed by atoms with Gasteiger partial charge in [-0.25, -0.2) is 4.98 Å². The Kier molecular flexibility index (Phi) is 3.40. The number of anilines is 1. The van der Waals surface area contributed by atoms with Gasteiger partial charge in [-0.3, -0.25) is 4.79 Å². The highest BCUT2D eigenvalue weighted by Crippen LogP contribution is 2.10. The molecule has 0 aliphatic rings. The second kappa shape index (κ2) is 4.56. The standard InChI is InChI=1S/C11H14N2O/c1-4-5-10-6-7-11(12-8-10)13(3)9(2)14/h4-8H,1-3H3/b5-4+. The van der Waals surface area contributed by atoms with Crippen LogP contribution in [0.25, 0.3) is 6.08 Å². The molecule has 0 atom stereocenters. The van der Waals surface area contributed by atoms with Crippen LogP contribution < -0.4 is 4.90 Å². The molecule has 0 aliphatic carbocycles.